The van der Waals surface area contributed by atoms with Crippen LogP contribution < -0.4 is 5.32 Å². The van der Waals surface area contributed by atoms with E-state index in [4.69, 9.17) is 0 Å². The minimum Gasteiger partial charge on any atom is -0.322 e. The number of anilines is 1. The normalized spacial score (nSPS) is 14.8. The molecule has 0 spiro atoms. The lowest BCUT2D eigenvalue weighted by Gasteiger charge is -2.13. The number of carbonyl (C=O) groups excluding carboxylic acids is 1. The number of para-hydroxylation sites is 1. The molecule has 2 heterocycles. The molecule has 4 rings (SSSR count). The molecule has 1 aliphatic heterocycles. The maximum atomic E-state index is 12.8. The number of sulfonamides is 1. The molecule has 3 aromatic rings. The summed E-state index contributed by atoms with van der Waals surface area (Å²) in [5, 5.41) is 2.93. The predicted octanol–water partition coefficient (Wildman–Crippen LogP) is 4.76. The Kier molecular flexibility index (Phi) is 5.54. The maximum absolute atomic E-state index is 12.8. The first-order valence-corrected chi connectivity index (χ1v) is 11.8. The van der Waals surface area contributed by atoms with Crippen molar-refractivity contribution in [2.24, 2.45) is 0 Å². The molecule has 1 N–H and O–H groups in total. The van der Waals surface area contributed by atoms with Crippen LogP contribution in [-0.4, -0.2) is 31.7 Å². The largest absolute Gasteiger partial charge is 0.322 e. The Labute approximate surface area is 175 Å². The summed E-state index contributed by atoms with van der Waals surface area (Å²) in [6.07, 6.45) is 1.82. The van der Waals surface area contributed by atoms with E-state index in [0.29, 0.717) is 22.9 Å². The molecule has 29 heavy (non-hydrogen) atoms. The Bertz CT molecular complexity index is 1150. The van der Waals surface area contributed by atoms with Crippen LogP contribution in [0.1, 0.15) is 28.8 Å². The van der Waals surface area contributed by atoms with Gasteiger partial charge in [0.2, 0.25) is 0 Å². The van der Waals surface area contributed by atoms with Crippen molar-refractivity contribution in [2.75, 3.05) is 18.4 Å². The summed E-state index contributed by atoms with van der Waals surface area (Å²) in [5.74, 6) is -0.192. The second-order valence-corrected chi connectivity index (χ2v) is 10.3. The Morgan fingerprint density at radius 1 is 1.00 bits per heavy atom. The number of amides is 1. The lowest BCUT2D eigenvalue weighted by molar-refractivity contribution is 0.102. The lowest BCUT2D eigenvalue weighted by Crippen LogP contribution is -2.27. The van der Waals surface area contributed by atoms with Crippen molar-refractivity contribution in [1.29, 1.82) is 0 Å². The first kappa shape index (κ1) is 19.8. The Morgan fingerprint density at radius 2 is 1.76 bits per heavy atom. The summed E-state index contributed by atoms with van der Waals surface area (Å²) in [6, 6.07) is 18.4. The van der Waals surface area contributed by atoms with Crippen molar-refractivity contribution in [2.45, 2.75) is 24.0 Å². The highest BCUT2D eigenvalue weighted by atomic mass is 32.2. The number of hydrogen-bond acceptors (Lipinski definition) is 4. The summed E-state index contributed by atoms with van der Waals surface area (Å²) in [5.41, 5.74) is 3.13. The number of rotatable bonds is 5. The number of hydrogen-bond donors (Lipinski definition) is 1. The molecule has 0 unspecified atom stereocenters. The first-order valence-electron chi connectivity index (χ1n) is 9.52. The number of benzene rings is 2. The van der Waals surface area contributed by atoms with E-state index in [0.717, 1.165) is 34.5 Å². The number of carbonyl (C=O) groups is 1. The van der Waals surface area contributed by atoms with Gasteiger partial charge in [0.1, 0.15) is 4.21 Å². The summed E-state index contributed by atoms with van der Waals surface area (Å²) >= 11 is 1.25. The van der Waals surface area contributed by atoms with Gasteiger partial charge in [0.15, 0.2) is 0 Å². The van der Waals surface area contributed by atoms with Crippen molar-refractivity contribution >= 4 is 33.0 Å². The topological polar surface area (TPSA) is 66.5 Å². The van der Waals surface area contributed by atoms with Crippen LogP contribution in [-0.2, 0) is 10.0 Å². The monoisotopic (exact) mass is 426 g/mol. The van der Waals surface area contributed by atoms with Crippen molar-refractivity contribution in [1.82, 2.24) is 4.31 Å². The predicted molar refractivity (Wildman–Crippen MR) is 117 cm³/mol. The van der Waals surface area contributed by atoms with Crippen molar-refractivity contribution in [3.05, 3.63) is 71.8 Å². The highest BCUT2D eigenvalue weighted by Gasteiger charge is 2.28. The number of aryl methyl sites for hydroxylation is 1. The summed E-state index contributed by atoms with van der Waals surface area (Å²) in [7, 11) is -3.43. The van der Waals surface area contributed by atoms with Crippen LogP contribution in [0.3, 0.4) is 0 Å². The highest BCUT2D eigenvalue weighted by molar-refractivity contribution is 7.91. The molecule has 5 nitrogen and oxygen atoms in total. The van der Waals surface area contributed by atoms with Crippen LogP contribution in [0.15, 0.2) is 64.9 Å². The molecule has 2 aromatic carbocycles. The van der Waals surface area contributed by atoms with Gasteiger partial charge in [0.05, 0.1) is 0 Å². The van der Waals surface area contributed by atoms with Gasteiger partial charge in [-0.15, -0.1) is 11.3 Å². The zero-order valence-corrected chi connectivity index (χ0v) is 17.7. The van der Waals surface area contributed by atoms with E-state index in [2.05, 4.69) is 5.32 Å². The SMILES string of the molecule is Cc1ccccc1NC(=O)c1cccc(-c2ccc(S(=O)(=O)N3CCCC3)s2)c1. The minimum atomic E-state index is -3.43. The molecule has 0 atom stereocenters. The lowest BCUT2D eigenvalue weighted by atomic mass is 10.1. The molecule has 0 bridgehead atoms. The van der Waals surface area contributed by atoms with Crippen LogP contribution >= 0.6 is 11.3 Å². The third-order valence-electron chi connectivity index (χ3n) is 5.04. The zero-order valence-electron chi connectivity index (χ0n) is 16.1. The third kappa shape index (κ3) is 4.12. The van der Waals surface area contributed by atoms with Gasteiger partial charge in [-0.05, 0) is 61.2 Å². The van der Waals surface area contributed by atoms with Gasteiger partial charge < -0.3 is 5.32 Å². The van der Waals surface area contributed by atoms with Crippen LogP contribution in [0, 0.1) is 6.92 Å². The van der Waals surface area contributed by atoms with E-state index in [9.17, 15) is 13.2 Å². The maximum Gasteiger partial charge on any atom is 0.255 e. The first-order chi connectivity index (χ1) is 13.9. The van der Waals surface area contributed by atoms with Crippen molar-refractivity contribution in [3.8, 4) is 10.4 Å². The molecule has 1 aromatic heterocycles. The smallest absolute Gasteiger partial charge is 0.255 e. The fourth-order valence-corrected chi connectivity index (χ4v) is 6.36. The fourth-order valence-electron chi connectivity index (χ4n) is 3.39. The molecular formula is C22H22N2O3S2. The van der Waals surface area contributed by atoms with Gasteiger partial charge in [0.25, 0.3) is 15.9 Å². The average Bonchev–Trinajstić information content (AvgIpc) is 3.43. The quantitative estimate of drug-likeness (QED) is 0.640. The standard InChI is InChI=1S/C22H22N2O3S2/c1-16-7-2-3-10-19(16)23-22(25)18-9-6-8-17(15-18)20-11-12-21(28-20)29(26,27)24-13-4-5-14-24/h2-3,6-12,15H,4-5,13-14H2,1H3,(H,23,25). The molecule has 1 saturated heterocycles. The van der Waals surface area contributed by atoms with Crippen LogP contribution in [0.25, 0.3) is 10.4 Å². The van der Waals surface area contributed by atoms with E-state index in [1.54, 1.807) is 22.5 Å². The average molecular weight is 427 g/mol. The second kappa shape index (κ2) is 8.10. The molecule has 1 amide bonds. The molecule has 1 aliphatic rings. The fraction of sp³-hybridized carbons (Fsp3) is 0.227. The molecule has 7 heteroatoms. The van der Waals surface area contributed by atoms with Gasteiger partial charge in [-0.25, -0.2) is 8.42 Å². The number of thiophene rings is 1. The van der Waals surface area contributed by atoms with E-state index >= 15 is 0 Å². The Morgan fingerprint density at radius 3 is 2.52 bits per heavy atom. The highest BCUT2D eigenvalue weighted by Crippen LogP contribution is 2.33. The van der Waals surface area contributed by atoms with E-state index in [1.807, 2.05) is 49.4 Å². The third-order valence-corrected chi connectivity index (χ3v) is 8.54. The minimum absolute atomic E-state index is 0.192. The van der Waals surface area contributed by atoms with Gasteiger partial charge in [-0.2, -0.15) is 4.31 Å². The zero-order chi connectivity index (χ0) is 20.4. The van der Waals surface area contributed by atoms with Crippen LogP contribution in [0.5, 0.6) is 0 Å². The molecule has 0 radical (unpaired) electrons. The molecule has 0 aliphatic carbocycles. The molecule has 1 fully saturated rings. The summed E-state index contributed by atoms with van der Waals surface area (Å²) in [6.45, 7) is 3.12. The van der Waals surface area contributed by atoms with E-state index in [1.165, 1.54) is 11.3 Å². The molecule has 0 saturated carbocycles. The van der Waals surface area contributed by atoms with E-state index < -0.39 is 10.0 Å². The summed E-state index contributed by atoms with van der Waals surface area (Å²) < 4.78 is 27.4. The Balaban J connectivity index is 1.57. The van der Waals surface area contributed by atoms with Crippen LogP contribution in [0.4, 0.5) is 5.69 Å². The number of nitrogens with zero attached hydrogens (tertiary/aromatic N) is 1. The van der Waals surface area contributed by atoms with Gasteiger partial charge in [-0.1, -0.05) is 30.3 Å². The van der Waals surface area contributed by atoms with Gasteiger partial charge in [-0.3, -0.25) is 4.79 Å². The van der Waals surface area contributed by atoms with Gasteiger partial charge >= 0.3 is 0 Å². The summed E-state index contributed by atoms with van der Waals surface area (Å²) in [4.78, 5) is 13.5. The Hall–Kier alpha value is -2.48. The molecule has 150 valence electrons. The second-order valence-electron chi connectivity index (χ2n) is 7.08. The van der Waals surface area contributed by atoms with Crippen LogP contribution in [0.2, 0.25) is 0 Å². The number of nitrogens with one attached hydrogen (secondary N) is 1. The van der Waals surface area contributed by atoms with Crippen molar-refractivity contribution < 1.29 is 13.2 Å². The van der Waals surface area contributed by atoms with Gasteiger partial charge in [0, 0.05) is 29.2 Å². The van der Waals surface area contributed by atoms with Crippen molar-refractivity contribution in [3.63, 3.8) is 0 Å². The molecular weight excluding hydrogens is 404 g/mol. The van der Waals surface area contributed by atoms with E-state index in [-0.39, 0.29) is 5.91 Å².